The third-order valence-electron chi connectivity index (χ3n) is 2.45. The molecule has 0 aliphatic heterocycles. The zero-order chi connectivity index (χ0) is 16.0. The van der Waals surface area contributed by atoms with Gasteiger partial charge in [0.05, 0.1) is 7.11 Å². The second-order valence-corrected chi connectivity index (χ2v) is 5.54. The quantitative estimate of drug-likeness (QED) is 0.683. The van der Waals surface area contributed by atoms with Crippen LogP contribution in [0.25, 0.3) is 0 Å². The molecule has 1 aromatic rings. The summed E-state index contributed by atoms with van der Waals surface area (Å²) in [6.45, 7) is 7.11. The van der Waals surface area contributed by atoms with Crippen LogP contribution in [0.15, 0.2) is 24.3 Å². The highest BCUT2D eigenvalue weighted by molar-refractivity contribution is 5.76. The zero-order valence-electron chi connectivity index (χ0n) is 12.9. The van der Waals surface area contributed by atoms with Crippen LogP contribution < -0.4 is 5.48 Å². The lowest BCUT2D eigenvalue weighted by Gasteiger charge is -2.21. The molecule has 0 fully saturated rings. The summed E-state index contributed by atoms with van der Waals surface area (Å²) in [6.07, 6.45) is -1.83. The fourth-order valence-electron chi connectivity index (χ4n) is 1.51. The molecule has 21 heavy (non-hydrogen) atoms. The summed E-state index contributed by atoms with van der Waals surface area (Å²) in [7, 11) is 1.25. The Balaban J connectivity index is 2.74. The van der Waals surface area contributed by atoms with Crippen molar-refractivity contribution >= 4 is 12.1 Å². The van der Waals surface area contributed by atoms with Gasteiger partial charge in [0.1, 0.15) is 5.60 Å². The molecule has 1 atom stereocenters. The molecular weight excluding hydrogens is 274 g/mol. The van der Waals surface area contributed by atoms with Crippen molar-refractivity contribution in [2.24, 2.45) is 0 Å². The van der Waals surface area contributed by atoms with Crippen molar-refractivity contribution in [2.45, 2.75) is 39.4 Å². The number of methoxy groups -OCH3 is 1. The molecular formula is C15H21NO5. The number of rotatable bonds is 4. The topological polar surface area (TPSA) is 73.9 Å². The SMILES string of the molecule is COC(=O)C(ONC(=O)OC(C)(C)C)c1ccc(C)cc1. The van der Waals surface area contributed by atoms with E-state index in [9.17, 15) is 9.59 Å². The summed E-state index contributed by atoms with van der Waals surface area (Å²) in [6, 6.07) is 7.13. The number of carbonyl (C=O) groups excluding carboxylic acids is 2. The number of esters is 1. The molecule has 1 aromatic carbocycles. The van der Waals surface area contributed by atoms with Crippen LogP contribution in [0, 0.1) is 6.92 Å². The fourth-order valence-corrected chi connectivity index (χ4v) is 1.51. The highest BCUT2D eigenvalue weighted by Gasteiger charge is 2.25. The fraction of sp³-hybridized carbons (Fsp3) is 0.467. The molecule has 0 radical (unpaired) electrons. The number of carbonyl (C=O) groups is 2. The van der Waals surface area contributed by atoms with Crippen LogP contribution in [-0.4, -0.2) is 24.8 Å². The van der Waals surface area contributed by atoms with Gasteiger partial charge in [0.15, 0.2) is 0 Å². The van der Waals surface area contributed by atoms with Gasteiger partial charge in [-0.1, -0.05) is 29.8 Å². The van der Waals surface area contributed by atoms with Crippen molar-refractivity contribution in [3.63, 3.8) is 0 Å². The van der Waals surface area contributed by atoms with Crippen molar-refractivity contribution in [3.05, 3.63) is 35.4 Å². The van der Waals surface area contributed by atoms with Crippen LogP contribution in [0.5, 0.6) is 0 Å². The van der Waals surface area contributed by atoms with Crippen LogP contribution in [0.1, 0.15) is 38.0 Å². The first-order valence-electron chi connectivity index (χ1n) is 6.52. The molecule has 0 spiro atoms. The van der Waals surface area contributed by atoms with Gasteiger partial charge < -0.3 is 9.47 Å². The van der Waals surface area contributed by atoms with Crippen LogP contribution in [0.4, 0.5) is 4.79 Å². The Morgan fingerprint density at radius 2 is 1.71 bits per heavy atom. The van der Waals surface area contributed by atoms with E-state index in [4.69, 9.17) is 9.57 Å². The minimum absolute atomic E-state index is 0.573. The van der Waals surface area contributed by atoms with Crippen molar-refractivity contribution in [1.29, 1.82) is 0 Å². The van der Waals surface area contributed by atoms with Gasteiger partial charge in [0, 0.05) is 0 Å². The van der Waals surface area contributed by atoms with E-state index in [0.717, 1.165) is 5.56 Å². The molecule has 0 aliphatic rings. The Morgan fingerprint density at radius 3 is 2.19 bits per heavy atom. The lowest BCUT2D eigenvalue weighted by molar-refractivity contribution is -0.159. The Kier molecular flexibility index (Phi) is 5.72. The highest BCUT2D eigenvalue weighted by Crippen LogP contribution is 2.19. The van der Waals surface area contributed by atoms with Gasteiger partial charge in [-0.15, -0.1) is 0 Å². The molecule has 0 aromatic heterocycles. The van der Waals surface area contributed by atoms with E-state index in [-0.39, 0.29) is 0 Å². The normalized spacial score (nSPS) is 12.4. The highest BCUT2D eigenvalue weighted by atomic mass is 16.7. The van der Waals surface area contributed by atoms with E-state index in [1.54, 1.807) is 32.9 Å². The number of hydroxylamine groups is 1. The largest absolute Gasteiger partial charge is 0.467 e. The maximum atomic E-state index is 11.8. The minimum Gasteiger partial charge on any atom is -0.467 e. The number of amides is 1. The van der Waals surface area contributed by atoms with Gasteiger partial charge in [-0.2, -0.15) is 5.48 Å². The minimum atomic E-state index is -1.05. The molecule has 6 nitrogen and oxygen atoms in total. The average Bonchev–Trinajstić information content (AvgIpc) is 2.38. The van der Waals surface area contributed by atoms with E-state index in [1.165, 1.54) is 7.11 Å². The standard InChI is InChI=1S/C15H21NO5/c1-10-6-8-11(9-7-10)12(13(17)19-5)21-16-14(18)20-15(2,3)4/h6-9,12H,1-5H3,(H,16,18). The molecule has 116 valence electrons. The van der Waals surface area contributed by atoms with E-state index < -0.39 is 23.8 Å². The first-order chi connectivity index (χ1) is 9.73. The second-order valence-electron chi connectivity index (χ2n) is 5.54. The van der Waals surface area contributed by atoms with E-state index >= 15 is 0 Å². The molecule has 6 heteroatoms. The number of nitrogens with one attached hydrogen (secondary N) is 1. The number of ether oxygens (including phenoxy) is 2. The molecule has 1 N–H and O–H groups in total. The van der Waals surface area contributed by atoms with E-state index in [2.05, 4.69) is 10.2 Å². The number of benzene rings is 1. The molecule has 1 unspecified atom stereocenters. The molecule has 0 bridgehead atoms. The molecule has 0 saturated carbocycles. The predicted molar refractivity (Wildman–Crippen MR) is 76.4 cm³/mol. The first-order valence-corrected chi connectivity index (χ1v) is 6.52. The Morgan fingerprint density at radius 1 is 1.14 bits per heavy atom. The van der Waals surface area contributed by atoms with Crippen LogP contribution in [0.2, 0.25) is 0 Å². The Bertz CT molecular complexity index is 490. The van der Waals surface area contributed by atoms with Crippen molar-refractivity contribution in [1.82, 2.24) is 5.48 Å². The van der Waals surface area contributed by atoms with Gasteiger partial charge in [-0.05, 0) is 33.3 Å². The third kappa shape index (κ3) is 5.83. The summed E-state index contributed by atoms with van der Waals surface area (Å²) in [5.74, 6) is -0.616. The zero-order valence-corrected chi connectivity index (χ0v) is 12.9. The number of aryl methyl sites for hydroxylation is 1. The molecule has 0 aliphatic carbocycles. The lowest BCUT2D eigenvalue weighted by atomic mass is 10.1. The molecule has 1 rings (SSSR count). The monoisotopic (exact) mass is 295 g/mol. The summed E-state index contributed by atoms with van der Waals surface area (Å²) in [5, 5.41) is 0. The maximum absolute atomic E-state index is 11.8. The number of hydrogen-bond donors (Lipinski definition) is 1. The Hall–Kier alpha value is -2.08. The lowest BCUT2D eigenvalue weighted by Crippen LogP contribution is -2.35. The summed E-state index contributed by atoms with van der Waals surface area (Å²) in [5.41, 5.74) is 3.07. The van der Waals surface area contributed by atoms with Gasteiger partial charge >= 0.3 is 12.1 Å². The summed E-state index contributed by atoms with van der Waals surface area (Å²) >= 11 is 0. The summed E-state index contributed by atoms with van der Waals surface area (Å²) in [4.78, 5) is 28.4. The molecule has 0 heterocycles. The van der Waals surface area contributed by atoms with Gasteiger partial charge in [0.25, 0.3) is 0 Å². The van der Waals surface area contributed by atoms with Crippen LogP contribution in [0.3, 0.4) is 0 Å². The number of hydrogen-bond acceptors (Lipinski definition) is 5. The Labute approximate surface area is 124 Å². The van der Waals surface area contributed by atoms with Gasteiger partial charge in [0.2, 0.25) is 6.10 Å². The molecule has 1 amide bonds. The summed E-state index contributed by atoms with van der Waals surface area (Å²) < 4.78 is 9.70. The van der Waals surface area contributed by atoms with Crippen LogP contribution >= 0.6 is 0 Å². The molecule has 0 saturated heterocycles. The second kappa shape index (κ2) is 7.08. The van der Waals surface area contributed by atoms with Crippen LogP contribution in [-0.2, 0) is 19.1 Å². The van der Waals surface area contributed by atoms with E-state index in [0.29, 0.717) is 5.56 Å². The van der Waals surface area contributed by atoms with Crippen molar-refractivity contribution < 1.29 is 23.9 Å². The first kappa shape index (κ1) is 17.0. The van der Waals surface area contributed by atoms with Crippen molar-refractivity contribution in [2.75, 3.05) is 7.11 Å². The smallest absolute Gasteiger partial charge is 0.431 e. The van der Waals surface area contributed by atoms with E-state index in [1.807, 2.05) is 19.1 Å². The van der Waals surface area contributed by atoms with Crippen molar-refractivity contribution in [3.8, 4) is 0 Å². The van der Waals surface area contributed by atoms with Gasteiger partial charge in [-0.3, -0.25) is 4.84 Å². The maximum Gasteiger partial charge on any atom is 0.431 e. The average molecular weight is 295 g/mol. The van der Waals surface area contributed by atoms with Gasteiger partial charge in [-0.25, -0.2) is 9.59 Å². The third-order valence-corrected chi connectivity index (χ3v) is 2.45. The predicted octanol–water partition coefficient (Wildman–Crippen LogP) is 2.67.